The first kappa shape index (κ1) is 14.6. The molecule has 0 fully saturated rings. The van der Waals surface area contributed by atoms with Crippen LogP contribution >= 0.6 is 0 Å². The summed E-state index contributed by atoms with van der Waals surface area (Å²) < 4.78 is 2.25. The fraction of sp³-hybridized carbons (Fsp3) is 0.143. The number of amides is 1. The molecule has 3 aromatic heterocycles. The van der Waals surface area contributed by atoms with E-state index in [4.69, 9.17) is 0 Å². The van der Waals surface area contributed by atoms with E-state index in [1.165, 1.54) is 49.5 Å². The summed E-state index contributed by atoms with van der Waals surface area (Å²) in [5.74, 6) is -0.471. The highest BCUT2D eigenvalue weighted by Crippen LogP contribution is 2.12. The number of aryl methyl sites for hydroxylation is 1. The standard InChI is InChI=1S/C14H12N6O3/c1-19-11-9(13(22)20(2)14(19)23)5-8(6-17-11)18-12(21)10-7-15-3-4-16-10/h3-7H,1-2H3,(H,18,21). The zero-order valence-corrected chi connectivity index (χ0v) is 12.3. The van der Waals surface area contributed by atoms with E-state index in [0.717, 1.165) is 4.57 Å². The van der Waals surface area contributed by atoms with Crippen molar-refractivity contribution in [2.75, 3.05) is 5.32 Å². The van der Waals surface area contributed by atoms with Crippen LogP contribution in [0.4, 0.5) is 5.69 Å². The smallest absolute Gasteiger partial charge is 0.319 e. The van der Waals surface area contributed by atoms with Crippen molar-refractivity contribution in [1.82, 2.24) is 24.1 Å². The SMILES string of the molecule is Cn1c(=O)c2cc(NC(=O)c3cnccn3)cnc2n(C)c1=O. The minimum absolute atomic E-state index is 0.140. The average Bonchev–Trinajstić information content (AvgIpc) is 2.58. The largest absolute Gasteiger partial charge is 0.332 e. The van der Waals surface area contributed by atoms with E-state index in [-0.39, 0.29) is 16.7 Å². The van der Waals surface area contributed by atoms with Gasteiger partial charge in [-0.2, -0.15) is 0 Å². The van der Waals surface area contributed by atoms with Crippen LogP contribution in [0.2, 0.25) is 0 Å². The van der Waals surface area contributed by atoms with Crippen molar-refractivity contribution in [3.63, 3.8) is 0 Å². The molecule has 0 bridgehead atoms. The molecule has 116 valence electrons. The van der Waals surface area contributed by atoms with Crippen LogP contribution in [0, 0.1) is 0 Å². The summed E-state index contributed by atoms with van der Waals surface area (Å²) in [6, 6.07) is 1.47. The van der Waals surface area contributed by atoms with Crippen molar-refractivity contribution in [2.24, 2.45) is 14.1 Å². The lowest BCUT2D eigenvalue weighted by Gasteiger charge is -2.08. The summed E-state index contributed by atoms with van der Waals surface area (Å²) >= 11 is 0. The third-order valence-electron chi connectivity index (χ3n) is 3.35. The highest BCUT2D eigenvalue weighted by molar-refractivity contribution is 6.03. The van der Waals surface area contributed by atoms with Gasteiger partial charge in [0, 0.05) is 26.5 Å². The van der Waals surface area contributed by atoms with Gasteiger partial charge >= 0.3 is 5.69 Å². The number of rotatable bonds is 2. The molecule has 1 N–H and O–H groups in total. The van der Waals surface area contributed by atoms with Crippen molar-refractivity contribution in [1.29, 1.82) is 0 Å². The number of pyridine rings is 1. The maximum Gasteiger partial charge on any atom is 0.332 e. The Morgan fingerprint density at radius 2 is 1.87 bits per heavy atom. The van der Waals surface area contributed by atoms with Gasteiger partial charge in [-0.3, -0.25) is 23.7 Å². The Morgan fingerprint density at radius 1 is 1.09 bits per heavy atom. The Hall–Kier alpha value is -3.36. The van der Waals surface area contributed by atoms with Crippen LogP contribution in [0.3, 0.4) is 0 Å². The molecule has 9 nitrogen and oxygen atoms in total. The van der Waals surface area contributed by atoms with E-state index >= 15 is 0 Å². The summed E-state index contributed by atoms with van der Waals surface area (Å²) in [7, 11) is 2.91. The third-order valence-corrected chi connectivity index (χ3v) is 3.35. The van der Waals surface area contributed by atoms with Crippen molar-refractivity contribution in [2.45, 2.75) is 0 Å². The van der Waals surface area contributed by atoms with Gasteiger partial charge in [0.2, 0.25) is 0 Å². The molecule has 0 aliphatic carbocycles. The van der Waals surface area contributed by atoms with Crippen LogP contribution in [-0.2, 0) is 14.1 Å². The molecule has 3 aromatic rings. The predicted octanol–water partition coefficient (Wildman–Crippen LogP) is -0.326. The van der Waals surface area contributed by atoms with Gasteiger partial charge < -0.3 is 5.32 Å². The molecular weight excluding hydrogens is 300 g/mol. The lowest BCUT2D eigenvalue weighted by molar-refractivity contribution is 0.102. The summed E-state index contributed by atoms with van der Waals surface area (Å²) in [4.78, 5) is 47.9. The van der Waals surface area contributed by atoms with E-state index < -0.39 is 17.2 Å². The van der Waals surface area contributed by atoms with E-state index in [2.05, 4.69) is 20.3 Å². The Labute approximate surface area is 129 Å². The lowest BCUT2D eigenvalue weighted by Crippen LogP contribution is -2.37. The first-order valence-corrected chi connectivity index (χ1v) is 6.62. The highest BCUT2D eigenvalue weighted by atomic mass is 16.2. The lowest BCUT2D eigenvalue weighted by atomic mass is 10.3. The second-order valence-corrected chi connectivity index (χ2v) is 4.85. The van der Waals surface area contributed by atoms with Gasteiger partial charge in [-0.05, 0) is 6.07 Å². The maximum atomic E-state index is 12.2. The van der Waals surface area contributed by atoms with Crippen molar-refractivity contribution >= 4 is 22.6 Å². The molecule has 0 unspecified atom stereocenters. The summed E-state index contributed by atoms with van der Waals surface area (Å²) in [6.45, 7) is 0. The normalized spacial score (nSPS) is 10.7. The van der Waals surface area contributed by atoms with E-state index in [1.807, 2.05) is 0 Å². The number of nitrogens with zero attached hydrogens (tertiary/aromatic N) is 5. The Kier molecular flexibility index (Phi) is 3.45. The van der Waals surface area contributed by atoms with Gasteiger partial charge in [-0.1, -0.05) is 0 Å². The molecule has 0 saturated carbocycles. The average molecular weight is 312 g/mol. The minimum Gasteiger partial charge on any atom is -0.319 e. The summed E-state index contributed by atoms with van der Waals surface area (Å²) in [5.41, 5.74) is -0.238. The van der Waals surface area contributed by atoms with E-state index in [1.54, 1.807) is 0 Å². The van der Waals surface area contributed by atoms with Crippen LogP contribution in [0.5, 0.6) is 0 Å². The summed E-state index contributed by atoms with van der Waals surface area (Å²) in [5, 5.41) is 2.82. The fourth-order valence-corrected chi connectivity index (χ4v) is 2.15. The molecule has 0 saturated heterocycles. The minimum atomic E-state index is -0.480. The number of anilines is 1. The molecule has 0 aliphatic rings. The zero-order valence-electron chi connectivity index (χ0n) is 12.3. The first-order valence-electron chi connectivity index (χ1n) is 6.62. The van der Waals surface area contributed by atoms with Crippen molar-refractivity contribution in [3.05, 3.63) is 57.4 Å². The van der Waals surface area contributed by atoms with Gasteiger partial charge in [-0.15, -0.1) is 0 Å². The van der Waals surface area contributed by atoms with E-state index in [0.29, 0.717) is 5.69 Å². The number of fused-ring (bicyclic) bond motifs is 1. The van der Waals surface area contributed by atoms with Crippen LogP contribution in [0.25, 0.3) is 11.0 Å². The molecule has 1 amide bonds. The van der Waals surface area contributed by atoms with Crippen LogP contribution in [0.1, 0.15) is 10.5 Å². The number of carbonyl (C=O) groups excluding carboxylic acids is 1. The van der Waals surface area contributed by atoms with Gasteiger partial charge in [0.1, 0.15) is 11.3 Å². The molecule has 0 spiro atoms. The first-order chi connectivity index (χ1) is 11.0. The Bertz CT molecular complexity index is 1020. The van der Waals surface area contributed by atoms with Crippen LogP contribution in [-0.4, -0.2) is 30.0 Å². The monoisotopic (exact) mass is 312 g/mol. The van der Waals surface area contributed by atoms with Crippen molar-refractivity contribution < 1.29 is 4.79 Å². The second-order valence-electron chi connectivity index (χ2n) is 4.85. The zero-order chi connectivity index (χ0) is 16.6. The van der Waals surface area contributed by atoms with Gasteiger partial charge in [0.05, 0.1) is 23.5 Å². The molecular formula is C14H12N6O3. The highest BCUT2D eigenvalue weighted by Gasteiger charge is 2.12. The quantitative estimate of drug-likeness (QED) is 0.694. The Balaban J connectivity index is 2.06. The number of aromatic nitrogens is 5. The molecule has 9 heteroatoms. The number of nitrogens with one attached hydrogen (secondary N) is 1. The van der Waals surface area contributed by atoms with Gasteiger partial charge in [0.25, 0.3) is 11.5 Å². The second kappa shape index (κ2) is 5.44. The Morgan fingerprint density at radius 3 is 2.57 bits per heavy atom. The molecule has 23 heavy (non-hydrogen) atoms. The number of hydrogen-bond donors (Lipinski definition) is 1. The van der Waals surface area contributed by atoms with Crippen LogP contribution in [0.15, 0.2) is 40.4 Å². The van der Waals surface area contributed by atoms with Gasteiger partial charge in [0.15, 0.2) is 0 Å². The van der Waals surface area contributed by atoms with E-state index in [9.17, 15) is 14.4 Å². The molecule has 0 atom stereocenters. The van der Waals surface area contributed by atoms with Crippen LogP contribution < -0.4 is 16.6 Å². The molecule has 0 aromatic carbocycles. The number of carbonyl (C=O) groups is 1. The summed E-state index contributed by atoms with van der Waals surface area (Å²) in [6.07, 6.45) is 5.56. The molecule has 3 rings (SSSR count). The van der Waals surface area contributed by atoms with Crippen molar-refractivity contribution in [3.8, 4) is 0 Å². The van der Waals surface area contributed by atoms with Gasteiger partial charge in [-0.25, -0.2) is 14.8 Å². The number of hydrogen-bond acceptors (Lipinski definition) is 6. The third kappa shape index (κ3) is 2.48. The topological polar surface area (TPSA) is 112 Å². The molecule has 0 aliphatic heterocycles. The predicted molar refractivity (Wildman–Crippen MR) is 82.2 cm³/mol. The molecule has 0 radical (unpaired) electrons. The maximum absolute atomic E-state index is 12.2. The molecule has 3 heterocycles. The fourth-order valence-electron chi connectivity index (χ4n) is 2.15.